The van der Waals surface area contributed by atoms with Crippen molar-refractivity contribution in [3.8, 4) is 0 Å². The second-order valence-electron chi connectivity index (χ2n) is 5.45. The number of halogens is 1. The zero-order chi connectivity index (χ0) is 15.5. The van der Waals surface area contributed by atoms with Crippen LogP contribution < -0.4 is 0 Å². The summed E-state index contributed by atoms with van der Waals surface area (Å²) in [6.45, 7) is 2.62. The normalized spacial score (nSPS) is 21.4. The van der Waals surface area contributed by atoms with Crippen molar-refractivity contribution in [1.82, 2.24) is 4.90 Å². The molecule has 2 aromatic carbocycles. The van der Waals surface area contributed by atoms with Gasteiger partial charge in [0.25, 0.3) is 0 Å². The number of hydrogen-bond acceptors (Lipinski definition) is 2. The molecule has 1 saturated heterocycles. The van der Waals surface area contributed by atoms with E-state index in [1.54, 1.807) is 23.9 Å². The number of benzene rings is 2. The molecule has 0 aliphatic carbocycles. The van der Waals surface area contributed by atoms with Crippen LogP contribution in [0.25, 0.3) is 0 Å². The number of hydrogen-bond donors (Lipinski definition) is 0. The lowest BCUT2D eigenvalue weighted by Gasteiger charge is -2.24. The third-order valence-electron chi connectivity index (χ3n) is 3.89. The maximum atomic E-state index is 13.1. The van der Waals surface area contributed by atoms with Crippen LogP contribution in [0.2, 0.25) is 0 Å². The van der Waals surface area contributed by atoms with Crippen molar-refractivity contribution in [2.75, 3.05) is 6.54 Å². The molecular weight excluding hydrogens is 297 g/mol. The van der Waals surface area contributed by atoms with Crippen molar-refractivity contribution in [2.45, 2.75) is 24.0 Å². The van der Waals surface area contributed by atoms with Gasteiger partial charge in [-0.15, -0.1) is 11.8 Å². The first kappa shape index (κ1) is 15.1. The Labute approximate surface area is 134 Å². The summed E-state index contributed by atoms with van der Waals surface area (Å²) in [5.74, 6) is -0.0859. The molecule has 4 heteroatoms. The maximum Gasteiger partial charge on any atom is 0.236 e. The minimum absolute atomic E-state index is 0.0215. The van der Waals surface area contributed by atoms with E-state index in [0.717, 1.165) is 12.0 Å². The standard InChI is InChI=1S/C18H18FNOS/c1-13-17(21)20(12-11-14-5-3-2-4-6-14)18(22-13)15-7-9-16(19)10-8-15/h2-10,13,18H,11-12H2,1H3/t13-,18-/m1/s1. The molecule has 2 nitrogen and oxygen atoms in total. The third kappa shape index (κ3) is 3.17. The molecule has 2 aromatic rings. The van der Waals surface area contributed by atoms with E-state index in [-0.39, 0.29) is 22.3 Å². The van der Waals surface area contributed by atoms with Gasteiger partial charge >= 0.3 is 0 Å². The Bertz CT molecular complexity index is 644. The van der Waals surface area contributed by atoms with E-state index in [4.69, 9.17) is 0 Å². The molecule has 1 aliphatic rings. The molecule has 0 aromatic heterocycles. The minimum atomic E-state index is -0.248. The highest BCUT2D eigenvalue weighted by Crippen LogP contribution is 2.42. The van der Waals surface area contributed by atoms with E-state index in [9.17, 15) is 9.18 Å². The molecule has 1 fully saturated rings. The predicted octanol–water partition coefficient (Wildman–Crippen LogP) is 4.03. The van der Waals surface area contributed by atoms with Crippen LogP contribution in [0.3, 0.4) is 0 Å². The van der Waals surface area contributed by atoms with Crippen LogP contribution in [0.15, 0.2) is 54.6 Å². The van der Waals surface area contributed by atoms with Gasteiger partial charge in [-0.25, -0.2) is 4.39 Å². The quantitative estimate of drug-likeness (QED) is 0.849. The summed E-state index contributed by atoms with van der Waals surface area (Å²) < 4.78 is 13.1. The molecule has 3 rings (SSSR count). The number of amides is 1. The number of thioether (sulfide) groups is 1. The van der Waals surface area contributed by atoms with Crippen LogP contribution in [-0.4, -0.2) is 22.6 Å². The van der Waals surface area contributed by atoms with Crippen molar-refractivity contribution < 1.29 is 9.18 Å². The SMILES string of the molecule is C[C@H]1S[C@H](c2ccc(F)cc2)N(CCc2ccccc2)C1=O. The molecule has 114 valence electrons. The van der Waals surface area contributed by atoms with Crippen LogP contribution in [0, 0.1) is 5.82 Å². The average molecular weight is 315 g/mol. The summed E-state index contributed by atoms with van der Waals surface area (Å²) in [7, 11) is 0. The van der Waals surface area contributed by atoms with Gasteiger partial charge in [0.15, 0.2) is 0 Å². The lowest BCUT2D eigenvalue weighted by Crippen LogP contribution is -2.32. The van der Waals surface area contributed by atoms with Gasteiger partial charge in [0.1, 0.15) is 11.2 Å². The largest absolute Gasteiger partial charge is 0.325 e. The molecule has 1 amide bonds. The van der Waals surface area contributed by atoms with Crippen LogP contribution >= 0.6 is 11.8 Å². The summed E-state index contributed by atoms with van der Waals surface area (Å²) >= 11 is 1.63. The van der Waals surface area contributed by atoms with Gasteiger partial charge in [-0.3, -0.25) is 4.79 Å². The number of nitrogens with zero attached hydrogens (tertiary/aromatic N) is 1. The average Bonchev–Trinajstić information content (AvgIpc) is 2.82. The zero-order valence-corrected chi connectivity index (χ0v) is 13.2. The van der Waals surface area contributed by atoms with Gasteiger partial charge < -0.3 is 4.90 Å². The topological polar surface area (TPSA) is 20.3 Å². The molecule has 2 atom stereocenters. The highest BCUT2D eigenvalue weighted by Gasteiger charge is 2.37. The molecular formula is C18H18FNOS. The van der Waals surface area contributed by atoms with E-state index in [2.05, 4.69) is 12.1 Å². The lowest BCUT2D eigenvalue weighted by atomic mass is 10.1. The van der Waals surface area contributed by atoms with Crippen molar-refractivity contribution in [2.24, 2.45) is 0 Å². The molecule has 0 bridgehead atoms. The fourth-order valence-electron chi connectivity index (χ4n) is 2.68. The van der Waals surface area contributed by atoms with Crippen LogP contribution in [0.4, 0.5) is 4.39 Å². The van der Waals surface area contributed by atoms with Crippen molar-refractivity contribution in [3.63, 3.8) is 0 Å². The Morgan fingerprint density at radius 3 is 2.45 bits per heavy atom. The van der Waals surface area contributed by atoms with Crippen LogP contribution in [0.1, 0.15) is 23.4 Å². The van der Waals surface area contributed by atoms with Crippen LogP contribution in [0.5, 0.6) is 0 Å². The number of rotatable bonds is 4. The first-order valence-corrected chi connectivity index (χ1v) is 8.35. The smallest absolute Gasteiger partial charge is 0.236 e. The van der Waals surface area contributed by atoms with E-state index in [1.807, 2.05) is 30.0 Å². The van der Waals surface area contributed by atoms with Crippen molar-refractivity contribution >= 4 is 17.7 Å². The van der Waals surface area contributed by atoms with E-state index >= 15 is 0 Å². The van der Waals surface area contributed by atoms with Gasteiger partial charge in [-0.2, -0.15) is 0 Å². The van der Waals surface area contributed by atoms with E-state index in [0.29, 0.717) is 6.54 Å². The van der Waals surface area contributed by atoms with Crippen molar-refractivity contribution in [3.05, 3.63) is 71.5 Å². The van der Waals surface area contributed by atoms with Gasteiger partial charge in [0, 0.05) is 6.54 Å². The summed E-state index contributed by atoms with van der Waals surface area (Å²) in [6, 6.07) is 16.6. The van der Waals surface area contributed by atoms with Gasteiger partial charge in [0.05, 0.1) is 5.25 Å². The second-order valence-corrected chi connectivity index (χ2v) is 6.88. The summed E-state index contributed by atoms with van der Waals surface area (Å²) in [4.78, 5) is 14.3. The fourth-order valence-corrected chi connectivity index (χ4v) is 3.99. The number of carbonyl (C=O) groups excluding carboxylic acids is 1. The first-order chi connectivity index (χ1) is 10.6. The Kier molecular flexibility index (Phi) is 4.48. The molecule has 0 spiro atoms. The Morgan fingerprint density at radius 1 is 1.09 bits per heavy atom. The predicted molar refractivity (Wildman–Crippen MR) is 88.1 cm³/mol. The second kappa shape index (κ2) is 6.53. The Balaban J connectivity index is 1.76. The summed E-state index contributed by atoms with van der Waals surface area (Å²) in [6.07, 6.45) is 0.831. The summed E-state index contributed by atoms with van der Waals surface area (Å²) in [5, 5.41) is -0.0716. The first-order valence-electron chi connectivity index (χ1n) is 7.40. The number of carbonyl (C=O) groups is 1. The minimum Gasteiger partial charge on any atom is -0.325 e. The molecule has 22 heavy (non-hydrogen) atoms. The van der Waals surface area contributed by atoms with E-state index < -0.39 is 0 Å². The molecule has 0 saturated carbocycles. The molecule has 0 unspecified atom stereocenters. The molecule has 1 heterocycles. The zero-order valence-electron chi connectivity index (χ0n) is 12.4. The van der Waals surface area contributed by atoms with Gasteiger partial charge in [0.2, 0.25) is 5.91 Å². The monoisotopic (exact) mass is 315 g/mol. The third-order valence-corrected chi connectivity index (χ3v) is 5.28. The Hall–Kier alpha value is -1.81. The highest BCUT2D eigenvalue weighted by molar-refractivity contribution is 8.01. The van der Waals surface area contributed by atoms with Crippen molar-refractivity contribution in [1.29, 1.82) is 0 Å². The van der Waals surface area contributed by atoms with Gasteiger partial charge in [-0.05, 0) is 36.6 Å². The highest BCUT2D eigenvalue weighted by atomic mass is 32.2. The molecule has 0 N–H and O–H groups in total. The molecule has 1 aliphatic heterocycles. The van der Waals surface area contributed by atoms with Gasteiger partial charge in [-0.1, -0.05) is 42.5 Å². The lowest BCUT2D eigenvalue weighted by molar-refractivity contribution is -0.129. The maximum absolute atomic E-state index is 13.1. The summed E-state index contributed by atoms with van der Waals surface area (Å²) in [5.41, 5.74) is 2.20. The molecule has 0 radical (unpaired) electrons. The fraction of sp³-hybridized carbons (Fsp3) is 0.278. The van der Waals surface area contributed by atoms with E-state index in [1.165, 1.54) is 17.7 Å². The Morgan fingerprint density at radius 2 is 1.77 bits per heavy atom. The van der Waals surface area contributed by atoms with Crippen LogP contribution in [-0.2, 0) is 11.2 Å².